The summed E-state index contributed by atoms with van der Waals surface area (Å²) in [7, 11) is 0. The summed E-state index contributed by atoms with van der Waals surface area (Å²) in [5.74, 6) is -0.120. The van der Waals surface area contributed by atoms with Crippen molar-refractivity contribution in [1.82, 2.24) is 0 Å². The molecule has 2 aromatic rings. The summed E-state index contributed by atoms with van der Waals surface area (Å²) in [5.41, 5.74) is 1.42. The van der Waals surface area contributed by atoms with E-state index in [0.29, 0.717) is 10.6 Å². The van der Waals surface area contributed by atoms with Gasteiger partial charge < -0.3 is 5.32 Å². The highest BCUT2D eigenvalue weighted by atomic mass is 35.5. The lowest BCUT2D eigenvalue weighted by Crippen LogP contribution is -2.10. The van der Waals surface area contributed by atoms with Crippen molar-refractivity contribution < 1.29 is 4.79 Å². The molecule has 2 rings (SSSR count). The molecule has 0 aliphatic rings. The highest BCUT2D eigenvalue weighted by molar-refractivity contribution is 7.08. The van der Waals surface area contributed by atoms with E-state index in [1.165, 1.54) is 0 Å². The fourth-order valence-electron chi connectivity index (χ4n) is 1.14. The Bertz CT molecular complexity index is 450. The van der Waals surface area contributed by atoms with Crippen molar-refractivity contribution in [3.63, 3.8) is 0 Å². The van der Waals surface area contributed by atoms with Crippen LogP contribution in [-0.2, 0) is 0 Å². The molecule has 1 aromatic carbocycles. The number of rotatable bonds is 2. The third-order valence-electron chi connectivity index (χ3n) is 1.89. The smallest absolute Gasteiger partial charge is 0.255 e. The summed E-state index contributed by atoms with van der Waals surface area (Å²) in [4.78, 5) is 11.7. The lowest BCUT2D eigenvalue weighted by Gasteiger charge is -2.02. The lowest BCUT2D eigenvalue weighted by molar-refractivity contribution is 0.102. The lowest BCUT2D eigenvalue weighted by atomic mass is 10.2. The maximum absolute atomic E-state index is 11.7. The molecule has 0 saturated carbocycles. The number of benzene rings is 1. The summed E-state index contributed by atoms with van der Waals surface area (Å²) < 4.78 is 0. The van der Waals surface area contributed by atoms with Crippen LogP contribution < -0.4 is 5.32 Å². The number of halogens is 1. The number of thiophene rings is 1. The van der Waals surface area contributed by atoms with Gasteiger partial charge in [0.1, 0.15) is 0 Å². The van der Waals surface area contributed by atoms with Gasteiger partial charge in [-0.25, -0.2) is 0 Å². The van der Waals surface area contributed by atoms with Crippen molar-refractivity contribution in [3.8, 4) is 0 Å². The molecular weight excluding hydrogens is 230 g/mol. The van der Waals surface area contributed by atoms with Crippen LogP contribution in [0.25, 0.3) is 0 Å². The van der Waals surface area contributed by atoms with Crippen LogP contribution in [0.5, 0.6) is 0 Å². The van der Waals surface area contributed by atoms with E-state index >= 15 is 0 Å². The van der Waals surface area contributed by atoms with E-state index in [0.717, 1.165) is 5.69 Å². The first kappa shape index (κ1) is 10.2. The van der Waals surface area contributed by atoms with Crippen LogP contribution in [0.2, 0.25) is 5.02 Å². The zero-order valence-corrected chi connectivity index (χ0v) is 9.31. The van der Waals surface area contributed by atoms with Gasteiger partial charge in [-0.3, -0.25) is 4.79 Å². The quantitative estimate of drug-likeness (QED) is 0.849. The summed E-state index contributed by atoms with van der Waals surface area (Å²) >= 11 is 7.27. The molecule has 0 aliphatic heterocycles. The SMILES string of the molecule is O=C(Nc1ccsc1)c1ccc(Cl)cc1. The normalized spacial score (nSPS) is 9.93. The van der Waals surface area contributed by atoms with Crippen molar-refractivity contribution in [2.45, 2.75) is 0 Å². The van der Waals surface area contributed by atoms with Gasteiger partial charge in [-0.2, -0.15) is 11.3 Å². The number of nitrogens with one attached hydrogen (secondary N) is 1. The first-order valence-electron chi connectivity index (χ1n) is 4.35. The molecule has 2 nitrogen and oxygen atoms in total. The molecule has 0 saturated heterocycles. The van der Waals surface area contributed by atoms with E-state index < -0.39 is 0 Å². The van der Waals surface area contributed by atoms with Gasteiger partial charge in [0.2, 0.25) is 0 Å². The predicted octanol–water partition coefficient (Wildman–Crippen LogP) is 3.65. The molecule has 15 heavy (non-hydrogen) atoms. The molecule has 1 heterocycles. The minimum atomic E-state index is -0.120. The minimum absolute atomic E-state index is 0.120. The Balaban J connectivity index is 2.11. The van der Waals surface area contributed by atoms with E-state index in [1.807, 2.05) is 16.8 Å². The van der Waals surface area contributed by atoms with E-state index in [2.05, 4.69) is 5.32 Å². The molecule has 4 heteroatoms. The Hall–Kier alpha value is -1.32. The molecule has 0 bridgehead atoms. The molecule has 0 unspecified atom stereocenters. The number of carbonyl (C=O) groups excluding carboxylic acids is 1. The summed E-state index contributed by atoms with van der Waals surface area (Å²) in [6, 6.07) is 8.65. The highest BCUT2D eigenvalue weighted by Gasteiger charge is 2.05. The van der Waals surface area contributed by atoms with E-state index in [4.69, 9.17) is 11.6 Å². The average Bonchev–Trinajstić information content (AvgIpc) is 2.71. The van der Waals surface area contributed by atoms with Crippen LogP contribution in [0.15, 0.2) is 41.1 Å². The Morgan fingerprint density at radius 3 is 2.53 bits per heavy atom. The van der Waals surface area contributed by atoms with Gasteiger partial charge in [0.15, 0.2) is 0 Å². The average molecular weight is 238 g/mol. The van der Waals surface area contributed by atoms with Gasteiger partial charge in [-0.1, -0.05) is 11.6 Å². The van der Waals surface area contributed by atoms with Crippen molar-refractivity contribution in [2.75, 3.05) is 5.32 Å². The fourth-order valence-corrected chi connectivity index (χ4v) is 1.85. The predicted molar refractivity (Wildman–Crippen MR) is 63.7 cm³/mol. The van der Waals surface area contributed by atoms with Gasteiger partial charge >= 0.3 is 0 Å². The molecular formula is C11H8ClNOS. The number of carbonyl (C=O) groups is 1. The first-order valence-corrected chi connectivity index (χ1v) is 5.67. The van der Waals surface area contributed by atoms with Gasteiger partial charge in [-0.05, 0) is 35.7 Å². The number of hydrogen-bond donors (Lipinski definition) is 1. The molecule has 0 aliphatic carbocycles. The van der Waals surface area contributed by atoms with Crippen LogP contribution >= 0.6 is 22.9 Å². The van der Waals surface area contributed by atoms with E-state index in [1.54, 1.807) is 35.6 Å². The van der Waals surface area contributed by atoms with Gasteiger partial charge in [0.25, 0.3) is 5.91 Å². The Morgan fingerprint density at radius 2 is 1.93 bits per heavy atom. The van der Waals surface area contributed by atoms with Gasteiger partial charge in [0, 0.05) is 16.0 Å². The van der Waals surface area contributed by atoms with Gasteiger partial charge in [0.05, 0.1) is 5.69 Å². The monoisotopic (exact) mass is 237 g/mol. The summed E-state index contributed by atoms with van der Waals surface area (Å²) in [5, 5.41) is 7.21. The minimum Gasteiger partial charge on any atom is -0.321 e. The molecule has 1 N–H and O–H groups in total. The Morgan fingerprint density at radius 1 is 1.20 bits per heavy atom. The van der Waals surface area contributed by atoms with E-state index in [9.17, 15) is 4.79 Å². The zero-order valence-electron chi connectivity index (χ0n) is 7.74. The van der Waals surface area contributed by atoms with Crippen molar-refractivity contribution in [3.05, 3.63) is 51.7 Å². The molecule has 0 radical (unpaired) electrons. The maximum Gasteiger partial charge on any atom is 0.255 e. The molecule has 0 atom stereocenters. The van der Waals surface area contributed by atoms with Gasteiger partial charge in [-0.15, -0.1) is 0 Å². The highest BCUT2D eigenvalue weighted by Crippen LogP contribution is 2.14. The topological polar surface area (TPSA) is 29.1 Å². The molecule has 1 amide bonds. The van der Waals surface area contributed by atoms with Crippen LogP contribution in [0.3, 0.4) is 0 Å². The third-order valence-corrected chi connectivity index (χ3v) is 2.82. The summed E-state index contributed by atoms with van der Waals surface area (Å²) in [6.45, 7) is 0. The largest absolute Gasteiger partial charge is 0.321 e. The zero-order chi connectivity index (χ0) is 10.7. The molecule has 0 spiro atoms. The first-order chi connectivity index (χ1) is 7.25. The number of anilines is 1. The number of hydrogen-bond acceptors (Lipinski definition) is 2. The third kappa shape index (κ3) is 2.58. The molecule has 0 fully saturated rings. The van der Waals surface area contributed by atoms with Crippen molar-refractivity contribution >= 4 is 34.5 Å². The molecule has 76 valence electrons. The standard InChI is InChI=1S/C11H8ClNOS/c12-9-3-1-8(2-4-9)11(14)13-10-5-6-15-7-10/h1-7H,(H,13,14). The van der Waals surface area contributed by atoms with Crippen LogP contribution in [0.1, 0.15) is 10.4 Å². The maximum atomic E-state index is 11.7. The second-order valence-corrected chi connectivity index (χ2v) is 4.19. The summed E-state index contributed by atoms with van der Waals surface area (Å²) in [6.07, 6.45) is 0. The second-order valence-electron chi connectivity index (χ2n) is 2.97. The van der Waals surface area contributed by atoms with Crippen LogP contribution in [-0.4, -0.2) is 5.91 Å². The van der Waals surface area contributed by atoms with Crippen molar-refractivity contribution in [2.24, 2.45) is 0 Å². The fraction of sp³-hybridized carbons (Fsp3) is 0. The van der Waals surface area contributed by atoms with E-state index in [-0.39, 0.29) is 5.91 Å². The Kier molecular flexibility index (Phi) is 3.04. The number of amides is 1. The molecule has 1 aromatic heterocycles. The Labute approximate surface area is 96.5 Å². The van der Waals surface area contributed by atoms with Crippen molar-refractivity contribution in [1.29, 1.82) is 0 Å². The second kappa shape index (κ2) is 4.47. The van der Waals surface area contributed by atoms with Crippen LogP contribution in [0.4, 0.5) is 5.69 Å². The van der Waals surface area contributed by atoms with Crippen LogP contribution in [0, 0.1) is 0 Å².